The second-order valence-corrected chi connectivity index (χ2v) is 7.96. The van der Waals surface area contributed by atoms with E-state index < -0.39 is 5.54 Å². The summed E-state index contributed by atoms with van der Waals surface area (Å²) in [6.45, 7) is 2.05. The molecule has 0 radical (unpaired) electrons. The maximum Gasteiger partial charge on any atom is 0.246 e. The van der Waals surface area contributed by atoms with Gasteiger partial charge in [0.25, 0.3) is 0 Å². The summed E-state index contributed by atoms with van der Waals surface area (Å²) >= 11 is 0. The zero-order chi connectivity index (χ0) is 22.6. The summed E-state index contributed by atoms with van der Waals surface area (Å²) in [5.41, 5.74) is 4.54. The topological polar surface area (TPSA) is 38.1 Å². The van der Waals surface area contributed by atoms with Gasteiger partial charge in [-0.2, -0.15) is 0 Å². The van der Waals surface area contributed by atoms with Gasteiger partial charge in [0, 0.05) is 25.9 Å². The molecule has 0 bridgehead atoms. The highest BCUT2D eigenvalue weighted by Crippen LogP contribution is 2.41. The number of carbonyl (C=O) groups excluding carboxylic acids is 1. The SMILES string of the molecule is Cc1c(/C=C/C(=O)N(C)C)ncn1C(c1ccccc1)(c1ccccc1)c1ccccc1. The number of likely N-dealkylation sites (N-methyl/N-ethyl adjacent to an activating group) is 1. The average Bonchev–Trinajstić information content (AvgIpc) is 3.20. The molecule has 0 saturated carbocycles. The van der Waals surface area contributed by atoms with Crippen LogP contribution < -0.4 is 0 Å². The van der Waals surface area contributed by atoms with Gasteiger partial charge in [0.15, 0.2) is 0 Å². The zero-order valence-electron chi connectivity index (χ0n) is 18.6. The summed E-state index contributed by atoms with van der Waals surface area (Å²) < 4.78 is 2.22. The molecule has 0 fully saturated rings. The van der Waals surface area contributed by atoms with Crippen molar-refractivity contribution in [1.29, 1.82) is 0 Å². The Bertz CT molecular complexity index is 1110. The number of hydrogen-bond donors (Lipinski definition) is 0. The van der Waals surface area contributed by atoms with Crippen LogP contribution in [-0.2, 0) is 10.3 Å². The monoisotopic (exact) mass is 421 g/mol. The van der Waals surface area contributed by atoms with E-state index in [1.54, 1.807) is 31.1 Å². The molecule has 0 aliphatic rings. The lowest BCUT2D eigenvalue weighted by Gasteiger charge is -2.38. The second kappa shape index (κ2) is 9.06. The zero-order valence-corrected chi connectivity index (χ0v) is 18.6. The van der Waals surface area contributed by atoms with E-state index in [9.17, 15) is 4.79 Å². The van der Waals surface area contributed by atoms with E-state index in [1.165, 1.54) is 0 Å². The minimum absolute atomic E-state index is 0.0700. The summed E-state index contributed by atoms with van der Waals surface area (Å²) in [5.74, 6) is -0.0700. The number of carbonyl (C=O) groups is 1. The summed E-state index contributed by atoms with van der Waals surface area (Å²) in [6, 6.07) is 31.5. The number of imidazole rings is 1. The minimum Gasteiger partial charge on any atom is -0.345 e. The molecule has 3 aromatic carbocycles. The molecule has 4 nitrogen and oxygen atoms in total. The van der Waals surface area contributed by atoms with Crippen LogP contribution in [0.15, 0.2) is 103 Å². The number of hydrogen-bond acceptors (Lipinski definition) is 2. The fourth-order valence-corrected chi connectivity index (χ4v) is 4.18. The van der Waals surface area contributed by atoms with Gasteiger partial charge >= 0.3 is 0 Å². The first-order valence-electron chi connectivity index (χ1n) is 10.7. The van der Waals surface area contributed by atoms with Gasteiger partial charge in [-0.15, -0.1) is 0 Å². The molecule has 0 saturated heterocycles. The van der Waals surface area contributed by atoms with Crippen LogP contribution in [0.3, 0.4) is 0 Å². The third-order valence-corrected chi connectivity index (χ3v) is 5.80. The fourth-order valence-electron chi connectivity index (χ4n) is 4.18. The molecule has 0 N–H and O–H groups in total. The lowest BCUT2D eigenvalue weighted by molar-refractivity contribution is -0.123. The highest BCUT2D eigenvalue weighted by atomic mass is 16.2. The Morgan fingerprint density at radius 3 is 1.66 bits per heavy atom. The third kappa shape index (κ3) is 3.76. The molecule has 1 amide bonds. The van der Waals surface area contributed by atoms with Crippen molar-refractivity contribution in [3.05, 3.63) is 131 Å². The summed E-state index contributed by atoms with van der Waals surface area (Å²) in [6.07, 6.45) is 5.23. The summed E-state index contributed by atoms with van der Waals surface area (Å²) in [4.78, 5) is 18.3. The summed E-state index contributed by atoms with van der Waals surface area (Å²) in [7, 11) is 3.48. The molecule has 160 valence electrons. The largest absolute Gasteiger partial charge is 0.345 e. The highest BCUT2D eigenvalue weighted by Gasteiger charge is 2.39. The Labute approximate surface area is 189 Å². The van der Waals surface area contributed by atoms with Gasteiger partial charge in [-0.25, -0.2) is 4.98 Å². The number of nitrogens with zero attached hydrogens (tertiary/aromatic N) is 3. The molecule has 4 aromatic rings. The van der Waals surface area contributed by atoms with Crippen molar-refractivity contribution in [2.75, 3.05) is 14.1 Å². The van der Waals surface area contributed by atoms with E-state index in [-0.39, 0.29) is 5.91 Å². The van der Waals surface area contributed by atoms with Gasteiger partial charge in [-0.05, 0) is 29.7 Å². The van der Waals surface area contributed by atoms with Crippen LogP contribution in [0.25, 0.3) is 6.08 Å². The van der Waals surface area contributed by atoms with Crippen molar-refractivity contribution in [2.45, 2.75) is 12.5 Å². The predicted molar refractivity (Wildman–Crippen MR) is 129 cm³/mol. The lowest BCUT2D eigenvalue weighted by Crippen LogP contribution is -2.38. The molecule has 0 atom stereocenters. The summed E-state index contributed by atoms with van der Waals surface area (Å²) in [5, 5.41) is 0. The van der Waals surface area contributed by atoms with E-state index in [0.717, 1.165) is 28.1 Å². The van der Waals surface area contributed by atoms with Gasteiger partial charge in [0.05, 0.1) is 12.0 Å². The van der Waals surface area contributed by atoms with Gasteiger partial charge in [-0.3, -0.25) is 4.79 Å². The average molecular weight is 422 g/mol. The first-order chi connectivity index (χ1) is 15.5. The Hall–Kier alpha value is -3.92. The number of rotatable bonds is 6. The Kier molecular flexibility index (Phi) is 6.04. The molecule has 0 aliphatic heterocycles. The van der Waals surface area contributed by atoms with Crippen LogP contribution >= 0.6 is 0 Å². The lowest BCUT2D eigenvalue weighted by atomic mass is 9.76. The van der Waals surface area contributed by atoms with Crippen molar-refractivity contribution >= 4 is 12.0 Å². The maximum atomic E-state index is 12.1. The fraction of sp³-hybridized carbons (Fsp3) is 0.143. The standard InChI is InChI=1S/C28H27N3O/c1-22-26(19-20-27(32)30(2)3)29-21-31(22)28(23-13-7-4-8-14-23,24-15-9-5-10-16-24)25-17-11-6-12-18-25/h4-21H,1-3H3/b20-19+. The van der Waals surface area contributed by atoms with Crippen LogP contribution in [0.1, 0.15) is 28.1 Å². The number of amides is 1. The first-order valence-corrected chi connectivity index (χ1v) is 10.7. The molecule has 1 aromatic heterocycles. The van der Waals surface area contributed by atoms with Crippen molar-refractivity contribution < 1.29 is 4.79 Å². The van der Waals surface area contributed by atoms with Crippen molar-refractivity contribution in [3.8, 4) is 0 Å². The highest BCUT2D eigenvalue weighted by molar-refractivity contribution is 5.91. The van der Waals surface area contributed by atoms with Gasteiger partial charge < -0.3 is 9.47 Å². The Morgan fingerprint density at radius 1 is 0.812 bits per heavy atom. The van der Waals surface area contributed by atoms with Crippen molar-refractivity contribution in [2.24, 2.45) is 0 Å². The molecule has 4 heteroatoms. The van der Waals surface area contributed by atoms with Crippen LogP contribution in [0.2, 0.25) is 0 Å². The molecule has 4 rings (SSSR count). The normalized spacial score (nSPS) is 11.6. The molecule has 32 heavy (non-hydrogen) atoms. The molecule has 1 heterocycles. The van der Waals surface area contributed by atoms with Crippen LogP contribution in [0.4, 0.5) is 0 Å². The van der Waals surface area contributed by atoms with Crippen LogP contribution in [0.5, 0.6) is 0 Å². The van der Waals surface area contributed by atoms with Gasteiger partial charge in [-0.1, -0.05) is 91.0 Å². The molecular weight excluding hydrogens is 394 g/mol. The van der Waals surface area contributed by atoms with E-state index >= 15 is 0 Å². The van der Waals surface area contributed by atoms with E-state index in [0.29, 0.717) is 0 Å². The maximum absolute atomic E-state index is 12.1. The van der Waals surface area contributed by atoms with E-state index in [1.807, 2.05) is 24.5 Å². The molecule has 0 aliphatic carbocycles. The third-order valence-electron chi connectivity index (χ3n) is 5.80. The van der Waals surface area contributed by atoms with Crippen molar-refractivity contribution in [1.82, 2.24) is 14.5 Å². The smallest absolute Gasteiger partial charge is 0.246 e. The Balaban J connectivity index is 2.01. The minimum atomic E-state index is -0.613. The van der Waals surface area contributed by atoms with Gasteiger partial charge in [0.2, 0.25) is 5.91 Å². The number of benzene rings is 3. The predicted octanol–water partition coefficient (Wildman–Crippen LogP) is 5.13. The van der Waals surface area contributed by atoms with E-state index in [4.69, 9.17) is 4.98 Å². The van der Waals surface area contributed by atoms with Crippen LogP contribution in [-0.4, -0.2) is 34.5 Å². The quantitative estimate of drug-likeness (QED) is 0.320. The van der Waals surface area contributed by atoms with Crippen molar-refractivity contribution in [3.63, 3.8) is 0 Å². The second-order valence-electron chi connectivity index (χ2n) is 7.96. The van der Waals surface area contributed by atoms with E-state index in [2.05, 4.69) is 84.3 Å². The van der Waals surface area contributed by atoms with Crippen LogP contribution in [0, 0.1) is 6.92 Å². The number of aromatic nitrogens is 2. The Morgan fingerprint density at radius 2 is 1.25 bits per heavy atom. The molecule has 0 spiro atoms. The molecular formula is C28H27N3O. The molecule has 0 unspecified atom stereocenters. The van der Waals surface area contributed by atoms with Gasteiger partial charge in [0.1, 0.15) is 5.54 Å². The first kappa shape index (κ1) is 21.3.